The Morgan fingerprint density at radius 1 is 1.36 bits per heavy atom. The molecule has 116 valence electrons. The number of pyridine rings is 1. The summed E-state index contributed by atoms with van der Waals surface area (Å²) in [5.74, 6) is -1.41. The van der Waals surface area contributed by atoms with Gasteiger partial charge in [-0.05, 0) is 25.5 Å². The van der Waals surface area contributed by atoms with Gasteiger partial charge in [-0.2, -0.15) is 0 Å². The summed E-state index contributed by atoms with van der Waals surface area (Å²) in [7, 11) is 0. The molecule has 2 N–H and O–H groups in total. The quantitative estimate of drug-likeness (QED) is 0.853. The maximum atomic E-state index is 12.3. The van der Waals surface area contributed by atoms with Crippen LogP contribution in [0.4, 0.5) is 0 Å². The minimum atomic E-state index is -1.02. The van der Waals surface area contributed by atoms with Crippen LogP contribution in [0.1, 0.15) is 35.1 Å². The van der Waals surface area contributed by atoms with E-state index >= 15 is 0 Å². The van der Waals surface area contributed by atoms with Crippen molar-refractivity contribution in [2.75, 3.05) is 0 Å². The molecule has 7 heteroatoms. The van der Waals surface area contributed by atoms with Gasteiger partial charge in [0.05, 0.1) is 5.69 Å². The molecule has 0 aromatic carbocycles. The lowest BCUT2D eigenvalue weighted by Gasteiger charge is -2.12. The summed E-state index contributed by atoms with van der Waals surface area (Å²) < 4.78 is 0. The Kier molecular flexibility index (Phi) is 5.21. The van der Waals surface area contributed by atoms with Crippen LogP contribution in [0.25, 0.3) is 10.6 Å². The fraction of sp³-hybridized carbons (Fsp3) is 0.333. The number of aliphatic carboxylic acids is 1. The first-order valence-corrected chi connectivity index (χ1v) is 7.76. The number of carbonyl (C=O) groups is 2. The third-order valence-corrected chi connectivity index (χ3v) is 4.32. The highest BCUT2D eigenvalue weighted by Gasteiger charge is 2.23. The number of nitrogens with one attached hydrogen (secondary N) is 1. The topological polar surface area (TPSA) is 92.2 Å². The number of amides is 1. The molecule has 2 rings (SSSR count). The standard InChI is InChI=1S/C15H17N3O3S/c1-3-4-11(15(20)21)18-13(19)12-9(2)17-14(22-12)10-5-7-16-8-6-10/h5-8,11H,3-4H2,1-2H3,(H,18,19)(H,20,21). The number of nitrogens with zero attached hydrogens (tertiary/aromatic N) is 2. The first-order valence-electron chi connectivity index (χ1n) is 6.94. The number of carboxylic acid groups (broad SMARTS) is 1. The zero-order valence-electron chi connectivity index (χ0n) is 12.4. The number of carboxylic acids is 1. The van der Waals surface area contributed by atoms with Gasteiger partial charge >= 0.3 is 5.97 Å². The lowest BCUT2D eigenvalue weighted by Crippen LogP contribution is -2.40. The second-order valence-corrected chi connectivity index (χ2v) is 5.82. The van der Waals surface area contributed by atoms with Gasteiger partial charge in [0.2, 0.25) is 0 Å². The van der Waals surface area contributed by atoms with Gasteiger partial charge in [-0.1, -0.05) is 13.3 Å². The van der Waals surface area contributed by atoms with E-state index in [9.17, 15) is 9.59 Å². The molecule has 22 heavy (non-hydrogen) atoms. The fourth-order valence-corrected chi connectivity index (χ4v) is 2.97. The highest BCUT2D eigenvalue weighted by molar-refractivity contribution is 7.17. The first-order chi connectivity index (χ1) is 10.5. The van der Waals surface area contributed by atoms with E-state index < -0.39 is 17.9 Å². The van der Waals surface area contributed by atoms with E-state index in [1.165, 1.54) is 11.3 Å². The van der Waals surface area contributed by atoms with Crippen LogP contribution in [0.15, 0.2) is 24.5 Å². The fourth-order valence-electron chi connectivity index (χ4n) is 1.99. The van der Waals surface area contributed by atoms with Crippen molar-refractivity contribution in [1.82, 2.24) is 15.3 Å². The van der Waals surface area contributed by atoms with E-state index in [4.69, 9.17) is 5.11 Å². The smallest absolute Gasteiger partial charge is 0.326 e. The molecule has 1 amide bonds. The van der Waals surface area contributed by atoms with E-state index in [1.54, 1.807) is 19.3 Å². The largest absolute Gasteiger partial charge is 0.480 e. The molecule has 0 spiro atoms. The molecule has 2 heterocycles. The third-order valence-electron chi connectivity index (χ3n) is 3.11. The summed E-state index contributed by atoms with van der Waals surface area (Å²) in [5.41, 5.74) is 1.47. The van der Waals surface area contributed by atoms with Gasteiger partial charge in [0, 0.05) is 18.0 Å². The van der Waals surface area contributed by atoms with Gasteiger partial charge in [-0.25, -0.2) is 9.78 Å². The van der Waals surface area contributed by atoms with Crippen molar-refractivity contribution >= 4 is 23.2 Å². The second kappa shape index (κ2) is 7.13. The Hall–Kier alpha value is -2.28. The Balaban J connectivity index is 2.20. The van der Waals surface area contributed by atoms with E-state index in [0.717, 1.165) is 5.56 Å². The van der Waals surface area contributed by atoms with Crippen LogP contribution in [-0.2, 0) is 4.79 Å². The summed E-state index contributed by atoms with van der Waals surface area (Å²) in [6, 6.07) is 2.76. The zero-order valence-corrected chi connectivity index (χ0v) is 13.2. The van der Waals surface area contributed by atoms with Crippen molar-refractivity contribution in [2.24, 2.45) is 0 Å². The Labute approximate surface area is 132 Å². The summed E-state index contributed by atoms with van der Waals surface area (Å²) >= 11 is 1.25. The Morgan fingerprint density at radius 3 is 2.64 bits per heavy atom. The van der Waals surface area contributed by atoms with E-state index in [-0.39, 0.29) is 0 Å². The number of rotatable bonds is 6. The van der Waals surface area contributed by atoms with Crippen molar-refractivity contribution in [3.63, 3.8) is 0 Å². The van der Waals surface area contributed by atoms with Crippen LogP contribution in [0.3, 0.4) is 0 Å². The van der Waals surface area contributed by atoms with Crippen molar-refractivity contribution in [3.05, 3.63) is 35.1 Å². The monoisotopic (exact) mass is 319 g/mol. The van der Waals surface area contributed by atoms with Crippen molar-refractivity contribution < 1.29 is 14.7 Å². The predicted molar refractivity (Wildman–Crippen MR) is 83.9 cm³/mol. The molecule has 6 nitrogen and oxygen atoms in total. The van der Waals surface area contributed by atoms with E-state index in [1.807, 2.05) is 19.1 Å². The van der Waals surface area contributed by atoms with Crippen LogP contribution < -0.4 is 5.32 Å². The molecule has 0 aliphatic heterocycles. The molecule has 0 saturated heterocycles. The lowest BCUT2D eigenvalue weighted by atomic mass is 10.1. The van der Waals surface area contributed by atoms with Gasteiger partial charge in [0.25, 0.3) is 5.91 Å². The highest BCUT2D eigenvalue weighted by Crippen LogP contribution is 2.27. The minimum absolute atomic E-state index is 0.392. The molecule has 2 aromatic heterocycles. The van der Waals surface area contributed by atoms with Crippen LogP contribution in [0.5, 0.6) is 0 Å². The molecule has 0 saturated carbocycles. The van der Waals surface area contributed by atoms with Gasteiger partial charge in [-0.3, -0.25) is 9.78 Å². The van der Waals surface area contributed by atoms with E-state index in [2.05, 4.69) is 15.3 Å². The van der Waals surface area contributed by atoms with Crippen LogP contribution in [0, 0.1) is 6.92 Å². The highest BCUT2D eigenvalue weighted by atomic mass is 32.1. The average molecular weight is 319 g/mol. The maximum absolute atomic E-state index is 12.3. The van der Waals surface area contributed by atoms with Crippen molar-refractivity contribution in [2.45, 2.75) is 32.7 Å². The lowest BCUT2D eigenvalue weighted by molar-refractivity contribution is -0.139. The summed E-state index contributed by atoms with van der Waals surface area (Å²) in [4.78, 5) is 32.2. The average Bonchev–Trinajstić information content (AvgIpc) is 2.89. The number of aryl methyl sites for hydroxylation is 1. The molecular weight excluding hydrogens is 302 g/mol. The molecule has 0 bridgehead atoms. The normalized spacial score (nSPS) is 11.9. The zero-order chi connectivity index (χ0) is 16.1. The minimum Gasteiger partial charge on any atom is -0.480 e. The van der Waals surface area contributed by atoms with Crippen molar-refractivity contribution in [3.8, 4) is 10.6 Å². The summed E-state index contributed by atoms with van der Waals surface area (Å²) in [6.45, 7) is 3.62. The molecule has 0 aliphatic rings. The molecule has 1 unspecified atom stereocenters. The van der Waals surface area contributed by atoms with Crippen LogP contribution >= 0.6 is 11.3 Å². The molecule has 2 aromatic rings. The van der Waals surface area contributed by atoms with Gasteiger partial charge in [0.15, 0.2) is 0 Å². The Morgan fingerprint density at radius 2 is 2.05 bits per heavy atom. The number of carbonyl (C=O) groups excluding carboxylic acids is 1. The molecule has 0 aliphatic carbocycles. The summed E-state index contributed by atoms with van der Waals surface area (Å²) in [5, 5.41) is 12.4. The van der Waals surface area contributed by atoms with E-state index in [0.29, 0.717) is 28.4 Å². The number of aromatic nitrogens is 2. The molecular formula is C15H17N3O3S. The Bertz CT molecular complexity index is 670. The maximum Gasteiger partial charge on any atom is 0.326 e. The number of hydrogen-bond donors (Lipinski definition) is 2. The molecule has 0 fully saturated rings. The van der Waals surface area contributed by atoms with Gasteiger partial charge < -0.3 is 10.4 Å². The SMILES string of the molecule is CCCC(NC(=O)c1sc(-c2ccncc2)nc1C)C(=O)O. The summed E-state index contributed by atoms with van der Waals surface area (Å²) in [6.07, 6.45) is 4.40. The van der Waals surface area contributed by atoms with Gasteiger partial charge in [0.1, 0.15) is 15.9 Å². The van der Waals surface area contributed by atoms with Crippen LogP contribution in [0.2, 0.25) is 0 Å². The van der Waals surface area contributed by atoms with Crippen molar-refractivity contribution in [1.29, 1.82) is 0 Å². The van der Waals surface area contributed by atoms with Crippen LogP contribution in [-0.4, -0.2) is 33.0 Å². The van der Waals surface area contributed by atoms with Gasteiger partial charge in [-0.15, -0.1) is 11.3 Å². The molecule has 0 radical (unpaired) electrons. The first kappa shape index (κ1) is 16.1. The number of thiazole rings is 1. The predicted octanol–water partition coefficient (Wildman–Crippen LogP) is 2.50. The molecule has 1 atom stereocenters. The second-order valence-electron chi connectivity index (χ2n) is 4.82. The number of hydrogen-bond acceptors (Lipinski definition) is 5. The third kappa shape index (κ3) is 3.67.